The Balaban J connectivity index is 1.88. The van der Waals surface area contributed by atoms with E-state index in [1.54, 1.807) is 0 Å². The fourth-order valence-corrected chi connectivity index (χ4v) is 3.71. The van der Waals surface area contributed by atoms with Crippen LogP contribution in [-0.4, -0.2) is 55.5 Å². The molecule has 0 radical (unpaired) electrons. The molecule has 1 saturated heterocycles. The fourth-order valence-electron chi connectivity index (χ4n) is 3.71. The summed E-state index contributed by atoms with van der Waals surface area (Å²) in [5.41, 5.74) is 5.72. The lowest BCUT2D eigenvalue weighted by molar-refractivity contribution is -0.136. The van der Waals surface area contributed by atoms with Crippen LogP contribution in [-0.2, 0) is 4.79 Å². The molecular weight excluding hydrogens is 238 g/mol. The number of likely N-dealkylation sites (tertiary alicyclic amines) is 1. The van der Waals surface area contributed by atoms with Gasteiger partial charge in [0.2, 0.25) is 5.91 Å². The maximum atomic E-state index is 12.6. The highest BCUT2D eigenvalue weighted by Crippen LogP contribution is 2.31. The number of carbonyl (C=O) groups excluding carboxylic acids is 1. The van der Waals surface area contributed by atoms with E-state index in [4.69, 9.17) is 5.73 Å². The van der Waals surface area contributed by atoms with Crippen LogP contribution in [0.25, 0.3) is 0 Å². The largest absolute Gasteiger partial charge is 0.341 e. The summed E-state index contributed by atoms with van der Waals surface area (Å²) in [6, 6.07) is 0.518. The first kappa shape index (κ1) is 14.8. The van der Waals surface area contributed by atoms with Crippen LogP contribution >= 0.6 is 0 Å². The molecule has 2 unspecified atom stereocenters. The second-order valence-electron chi connectivity index (χ2n) is 6.70. The summed E-state index contributed by atoms with van der Waals surface area (Å²) in [5.74, 6) is 1.89. The van der Waals surface area contributed by atoms with Gasteiger partial charge in [-0.1, -0.05) is 6.92 Å². The summed E-state index contributed by atoms with van der Waals surface area (Å²) in [7, 11) is 4.23. The first-order chi connectivity index (χ1) is 9.02. The van der Waals surface area contributed by atoms with Crippen molar-refractivity contribution in [2.75, 3.05) is 33.7 Å². The van der Waals surface area contributed by atoms with E-state index in [0.717, 1.165) is 45.3 Å². The third-order valence-electron chi connectivity index (χ3n) is 5.08. The van der Waals surface area contributed by atoms with Crippen molar-refractivity contribution < 1.29 is 4.79 Å². The van der Waals surface area contributed by atoms with Gasteiger partial charge in [-0.05, 0) is 58.2 Å². The maximum absolute atomic E-state index is 12.6. The molecule has 0 bridgehead atoms. The van der Waals surface area contributed by atoms with E-state index < -0.39 is 0 Å². The number of nitrogens with two attached hydrogens (primary N) is 1. The van der Waals surface area contributed by atoms with Gasteiger partial charge in [0.05, 0.1) is 0 Å². The van der Waals surface area contributed by atoms with Gasteiger partial charge in [-0.3, -0.25) is 4.79 Å². The number of nitrogens with zero attached hydrogens (tertiary/aromatic N) is 2. The molecule has 1 aliphatic heterocycles. The van der Waals surface area contributed by atoms with Gasteiger partial charge in [0.15, 0.2) is 0 Å². The minimum Gasteiger partial charge on any atom is -0.341 e. The Morgan fingerprint density at radius 3 is 2.32 bits per heavy atom. The summed E-state index contributed by atoms with van der Waals surface area (Å²) in [5, 5.41) is 0. The molecule has 0 aromatic heterocycles. The van der Waals surface area contributed by atoms with E-state index in [2.05, 4.69) is 30.8 Å². The zero-order chi connectivity index (χ0) is 14.0. The first-order valence-corrected chi connectivity index (χ1v) is 7.68. The molecule has 19 heavy (non-hydrogen) atoms. The molecule has 0 aromatic carbocycles. The Morgan fingerprint density at radius 1 is 1.21 bits per heavy atom. The lowest BCUT2D eigenvalue weighted by Gasteiger charge is -2.30. The Morgan fingerprint density at radius 2 is 1.84 bits per heavy atom. The molecule has 1 heterocycles. The zero-order valence-corrected chi connectivity index (χ0v) is 12.6. The van der Waals surface area contributed by atoms with Crippen molar-refractivity contribution in [2.24, 2.45) is 23.5 Å². The maximum Gasteiger partial charge on any atom is 0.225 e. The molecule has 2 N–H and O–H groups in total. The smallest absolute Gasteiger partial charge is 0.225 e. The minimum absolute atomic E-state index is 0.260. The summed E-state index contributed by atoms with van der Waals surface area (Å²) in [6.07, 6.45) is 4.34. The first-order valence-electron chi connectivity index (χ1n) is 7.68. The average molecular weight is 267 g/mol. The molecule has 2 aliphatic rings. The van der Waals surface area contributed by atoms with E-state index in [9.17, 15) is 4.79 Å². The third kappa shape index (κ3) is 3.29. The summed E-state index contributed by atoms with van der Waals surface area (Å²) < 4.78 is 0. The lowest BCUT2D eigenvalue weighted by Crippen LogP contribution is -2.39. The second kappa shape index (κ2) is 6.23. The number of amides is 1. The molecule has 2 fully saturated rings. The van der Waals surface area contributed by atoms with E-state index >= 15 is 0 Å². The highest BCUT2D eigenvalue weighted by molar-refractivity contribution is 5.79. The molecule has 1 saturated carbocycles. The van der Waals surface area contributed by atoms with Gasteiger partial charge in [-0.15, -0.1) is 0 Å². The van der Waals surface area contributed by atoms with Gasteiger partial charge in [-0.2, -0.15) is 0 Å². The van der Waals surface area contributed by atoms with Crippen LogP contribution in [0.3, 0.4) is 0 Å². The Kier molecular flexibility index (Phi) is 4.85. The Hall–Kier alpha value is -0.610. The zero-order valence-electron chi connectivity index (χ0n) is 12.6. The van der Waals surface area contributed by atoms with Gasteiger partial charge in [0, 0.05) is 25.0 Å². The Bertz CT molecular complexity index is 311. The van der Waals surface area contributed by atoms with Gasteiger partial charge >= 0.3 is 0 Å². The van der Waals surface area contributed by atoms with Crippen LogP contribution in [0.15, 0.2) is 0 Å². The van der Waals surface area contributed by atoms with Crippen LogP contribution < -0.4 is 5.73 Å². The van der Waals surface area contributed by atoms with Crippen molar-refractivity contribution in [1.29, 1.82) is 0 Å². The van der Waals surface area contributed by atoms with Crippen LogP contribution in [0.5, 0.6) is 0 Å². The van der Waals surface area contributed by atoms with Crippen molar-refractivity contribution in [2.45, 2.75) is 38.6 Å². The van der Waals surface area contributed by atoms with Crippen molar-refractivity contribution in [1.82, 2.24) is 9.80 Å². The highest BCUT2D eigenvalue weighted by Gasteiger charge is 2.37. The van der Waals surface area contributed by atoms with Gasteiger partial charge < -0.3 is 15.5 Å². The lowest BCUT2D eigenvalue weighted by atomic mass is 9.81. The normalized spacial score (nSPS) is 35.9. The average Bonchev–Trinajstić information content (AvgIpc) is 2.80. The van der Waals surface area contributed by atoms with Crippen LogP contribution in [0.2, 0.25) is 0 Å². The van der Waals surface area contributed by atoms with Gasteiger partial charge in [0.1, 0.15) is 0 Å². The van der Waals surface area contributed by atoms with Crippen LogP contribution in [0.4, 0.5) is 0 Å². The third-order valence-corrected chi connectivity index (χ3v) is 5.08. The quantitative estimate of drug-likeness (QED) is 0.835. The fraction of sp³-hybridized carbons (Fsp3) is 0.933. The molecular formula is C15H29N3O. The molecule has 4 heteroatoms. The minimum atomic E-state index is 0.260. The number of hydrogen-bond donors (Lipinski definition) is 1. The number of hydrogen-bond acceptors (Lipinski definition) is 3. The topological polar surface area (TPSA) is 49.6 Å². The molecule has 4 nitrogen and oxygen atoms in total. The van der Waals surface area contributed by atoms with E-state index in [0.29, 0.717) is 23.8 Å². The number of carbonyl (C=O) groups is 1. The molecule has 2 rings (SSSR count). The van der Waals surface area contributed by atoms with Crippen molar-refractivity contribution in [3.63, 3.8) is 0 Å². The molecule has 2 atom stereocenters. The molecule has 1 amide bonds. The molecule has 1 aliphatic carbocycles. The summed E-state index contributed by atoms with van der Waals surface area (Å²) in [6.45, 7) is 4.87. The standard InChI is InChI=1S/C15H29N3O/c1-11-9-18(10-14(11)17(2)3)15(19)13-6-4-12(8-16)5-7-13/h11-14H,4-10,16H2,1-3H3. The monoisotopic (exact) mass is 267 g/mol. The van der Waals surface area contributed by atoms with Crippen molar-refractivity contribution in [3.05, 3.63) is 0 Å². The van der Waals surface area contributed by atoms with Crippen molar-refractivity contribution >= 4 is 5.91 Å². The predicted molar refractivity (Wildman–Crippen MR) is 77.7 cm³/mol. The van der Waals surface area contributed by atoms with E-state index in [-0.39, 0.29) is 5.92 Å². The van der Waals surface area contributed by atoms with Crippen LogP contribution in [0, 0.1) is 17.8 Å². The van der Waals surface area contributed by atoms with Crippen molar-refractivity contribution in [3.8, 4) is 0 Å². The van der Waals surface area contributed by atoms with E-state index in [1.165, 1.54) is 0 Å². The SMILES string of the molecule is CC1CN(C(=O)C2CCC(CN)CC2)CC1N(C)C. The predicted octanol–water partition coefficient (Wildman–Crippen LogP) is 1.16. The Labute approximate surface area is 117 Å². The highest BCUT2D eigenvalue weighted by atomic mass is 16.2. The number of likely N-dealkylation sites (N-methyl/N-ethyl adjacent to an activating group) is 1. The van der Waals surface area contributed by atoms with Crippen LogP contribution in [0.1, 0.15) is 32.6 Å². The summed E-state index contributed by atoms with van der Waals surface area (Å²) in [4.78, 5) is 16.9. The molecule has 0 aromatic rings. The molecule has 110 valence electrons. The number of rotatable bonds is 3. The molecule has 0 spiro atoms. The van der Waals surface area contributed by atoms with E-state index in [1.807, 2.05) is 0 Å². The van der Waals surface area contributed by atoms with Gasteiger partial charge in [-0.25, -0.2) is 0 Å². The second-order valence-corrected chi connectivity index (χ2v) is 6.70. The summed E-state index contributed by atoms with van der Waals surface area (Å²) >= 11 is 0. The van der Waals surface area contributed by atoms with Gasteiger partial charge in [0.25, 0.3) is 0 Å².